The SMILES string of the molecule is Cn1c(SCC(=O)Nc2nc(-c3ccc(Br)cc3)cs2)nnc1-c1ccc(Cl)cc1. The molecule has 1 N–H and O–H groups in total. The Morgan fingerprint density at radius 3 is 2.57 bits per heavy atom. The van der Waals surface area contributed by atoms with Crippen molar-refractivity contribution in [2.45, 2.75) is 5.16 Å². The van der Waals surface area contributed by atoms with Crippen molar-refractivity contribution in [1.82, 2.24) is 19.7 Å². The third-order valence-corrected chi connectivity index (χ3v) is 6.72. The summed E-state index contributed by atoms with van der Waals surface area (Å²) in [5, 5.41) is 15.1. The summed E-state index contributed by atoms with van der Waals surface area (Å²) < 4.78 is 2.87. The number of rotatable bonds is 6. The van der Waals surface area contributed by atoms with E-state index in [1.165, 1.54) is 23.1 Å². The monoisotopic (exact) mass is 519 g/mol. The van der Waals surface area contributed by atoms with Gasteiger partial charge in [-0.05, 0) is 36.4 Å². The highest BCUT2D eigenvalue weighted by atomic mass is 79.9. The number of benzene rings is 2. The van der Waals surface area contributed by atoms with E-state index in [0.29, 0.717) is 21.1 Å². The van der Waals surface area contributed by atoms with Crippen LogP contribution in [0.4, 0.5) is 5.13 Å². The Balaban J connectivity index is 1.36. The Kier molecular flexibility index (Phi) is 6.52. The van der Waals surface area contributed by atoms with Crippen molar-refractivity contribution in [3.63, 3.8) is 0 Å². The van der Waals surface area contributed by atoms with Gasteiger partial charge in [0.1, 0.15) is 0 Å². The molecule has 30 heavy (non-hydrogen) atoms. The second kappa shape index (κ2) is 9.30. The quantitative estimate of drug-likeness (QED) is 0.328. The highest BCUT2D eigenvalue weighted by Crippen LogP contribution is 2.27. The molecule has 152 valence electrons. The van der Waals surface area contributed by atoms with Gasteiger partial charge in [0, 0.05) is 33.0 Å². The maximum atomic E-state index is 12.4. The topological polar surface area (TPSA) is 72.7 Å². The van der Waals surface area contributed by atoms with E-state index in [-0.39, 0.29) is 11.7 Å². The van der Waals surface area contributed by atoms with Crippen LogP contribution < -0.4 is 5.32 Å². The first-order chi connectivity index (χ1) is 14.5. The number of amides is 1. The summed E-state index contributed by atoms with van der Waals surface area (Å²) in [4.78, 5) is 16.8. The second-order valence-corrected chi connectivity index (χ2v) is 9.41. The third-order valence-electron chi connectivity index (χ3n) is 4.16. The molecule has 4 rings (SSSR count). The van der Waals surface area contributed by atoms with Crippen molar-refractivity contribution < 1.29 is 4.79 Å². The molecule has 10 heteroatoms. The molecule has 0 saturated heterocycles. The number of thiazole rings is 1. The fourth-order valence-corrected chi connectivity index (χ4v) is 4.50. The number of halogens is 2. The summed E-state index contributed by atoms with van der Waals surface area (Å²) >= 11 is 12.1. The summed E-state index contributed by atoms with van der Waals surface area (Å²) in [6.45, 7) is 0. The van der Waals surface area contributed by atoms with Crippen LogP contribution in [0.1, 0.15) is 0 Å². The zero-order chi connectivity index (χ0) is 21.1. The van der Waals surface area contributed by atoms with Gasteiger partial charge in [0.15, 0.2) is 16.1 Å². The maximum absolute atomic E-state index is 12.4. The maximum Gasteiger partial charge on any atom is 0.236 e. The normalized spacial score (nSPS) is 10.9. The lowest BCUT2D eigenvalue weighted by atomic mass is 10.2. The van der Waals surface area contributed by atoms with Crippen LogP contribution in [0.15, 0.2) is 63.5 Å². The fourth-order valence-electron chi connectivity index (χ4n) is 2.66. The van der Waals surface area contributed by atoms with Gasteiger partial charge < -0.3 is 9.88 Å². The zero-order valence-electron chi connectivity index (χ0n) is 15.7. The summed E-state index contributed by atoms with van der Waals surface area (Å²) in [7, 11) is 1.87. The van der Waals surface area contributed by atoms with Gasteiger partial charge in [0.05, 0.1) is 11.4 Å². The van der Waals surface area contributed by atoms with E-state index in [9.17, 15) is 4.79 Å². The molecule has 2 aromatic carbocycles. The lowest BCUT2D eigenvalue weighted by Crippen LogP contribution is -2.14. The molecule has 0 aliphatic carbocycles. The number of nitrogens with zero attached hydrogens (tertiary/aromatic N) is 4. The Bertz CT molecular complexity index is 1170. The molecule has 0 aliphatic rings. The molecule has 6 nitrogen and oxygen atoms in total. The summed E-state index contributed by atoms with van der Waals surface area (Å²) in [5.41, 5.74) is 2.74. The van der Waals surface area contributed by atoms with Crippen LogP contribution >= 0.6 is 50.6 Å². The number of nitrogens with one attached hydrogen (secondary N) is 1. The van der Waals surface area contributed by atoms with E-state index in [1.807, 2.05) is 65.5 Å². The number of thioether (sulfide) groups is 1. The van der Waals surface area contributed by atoms with Gasteiger partial charge in [0.2, 0.25) is 5.91 Å². The van der Waals surface area contributed by atoms with Crippen LogP contribution in [-0.4, -0.2) is 31.4 Å². The first-order valence-electron chi connectivity index (χ1n) is 8.79. The predicted molar refractivity (Wildman–Crippen MR) is 126 cm³/mol. The van der Waals surface area contributed by atoms with Gasteiger partial charge in [-0.2, -0.15) is 0 Å². The minimum Gasteiger partial charge on any atom is -0.305 e. The lowest BCUT2D eigenvalue weighted by molar-refractivity contribution is -0.113. The van der Waals surface area contributed by atoms with Crippen LogP contribution in [0.5, 0.6) is 0 Å². The Morgan fingerprint density at radius 1 is 1.13 bits per heavy atom. The van der Waals surface area contributed by atoms with Crippen LogP contribution in [0, 0.1) is 0 Å². The van der Waals surface area contributed by atoms with Gasteiger partial charge in [0.25, 0.3) is 0 Å². The second-order valence-electron chi connectivity index (χ2n) is 6.25. The highest BCUT2D eigenvalue weighted by molar-refractivity contribution is 9.10. The highest BCUT2D eigenvalue weighted by Gasteiger charge is 2.14. The minimum absolute atomic E-state index is 0.146. The van der Waals surface area contributed by atoms with Gasteiger partial charge >= 0.3 is 0 Å². The molecule has 0 bridgehead atoms. The number of carbonyl (C=O) groups is 1. The van der Waals surface area contributed by atoms with Crippen molar-refractivity contribution >= 4 is 61.7 Å². The molecule has 0 saturated carbocycles. The Morgan fingerprint density at radius 2 is 1.83 bits per heavy atom. The number of hydrogen-bond donors (Lipinski definition) is 1. The van der Waals surface area contributed by atoms with Gasteiger partial charge in [-0.25, -0.2) is 4.98 Å². The molecule has 0 radical (unpaired) electrons. The van der Waals surface area contributed by atoms with E-state index < -0.39 is 0 Å². The summed E-state index contributed by atoms with van der Waals surface area (Å²) in [6.07, 6.45) is 0. The number of carbonyl (C=O) groups excluding carboxylic acids is 1. The molecule has 0 atom stereocenters. The van der Waals surface area contributed by atoms with E-state index >= 15 is 0 Å². The molecule has 0 aliphatic heterocycles. The van der Waals surface area contributed by atoms with E-state index in [2.05, 4.69) is 36.4 Å². The fraction of sp³-hybridized carbons (Fsp3) is 0.100. The summed E-state index contributed by atoms with van der Waals surface area (Å²) in [5.74, 6) is 0.779. The molecule has 2 aromatic heterocycles. The molecule has 0 fully saturated rings. The van der Waals surface area contributed by atoms with E-state index in [1.54, 1.807) is 0 Å². The van der Waals surface area contributed by atoms with Crippen molar-refractivity contribution in [2.24, 2.45) is 7.05 Å². The smallest absolute Gasteiger partial charge is 0.236 e. The van der Waals surface area contributed by atoms with Gasteiger partial charge in [-0.3, -0.25) is 4.79 Å². The first kappa shape index (κ1) is 21.0. The molecule has 2 heterocycles. The van der Waals surface area contributed by atoms with Crippen molar-refractivity contribution in [3.8, 4) is 22.6 Å². The van der Waals surface area contributed by atoms with Gasteiger partial charge in [-0.15, -0.1) is 21.5 Å². The van der Waals surface area contributed by atoms with Crippen LogP contribution in [0.25, 0.3) is 22.6 Å². The van der Waals surface area contributed by atoms with Crippen molar-refractivity contribution in [3.05, 3.63) is 63.4 Å². The van der Waals surface area contributed by atoms with Crippen molar-refractivity contribution in [2.75, 3.05) is 11.1 Å². The van der Waals surface area contributed by atoms with Gasteiger partial charge in [-0.1, -0.05) is 51.4 Å². The minimum atomic E-state index is -0.146. The lowest BCUT2D eigenvalue weighted by Gasteiger charge is -2.04. The average molecular weight is 521 g/mol. The van der Waals surface area contributed by atoms with E-state index in [4.69, 9.17) is 11.6 Å². The van der Waals surface area contributed by atoms with Crippen LogP contribution in [0.3, 0.4) is 0 Å². The standard InChI is InChI=1S/C20H15BrClN5OS2/c1-27-18(13-4-8-15(22)9-5-13)25-26-20(27)30-11-17(28)24-19-23-16(10-29-19)12-2-6-14(21)7-3-12/h2-10H,11H2,1H3,(H,23,24,28). The Hall–Kier alpha value is -2.20. The largest absolute Gasteiger partial charge is 0.305 e. The molecule has 0 spiro atoms. The number of anilines is 1. The average Bonchev–Trinajstić information content (AvgIpc) is 3.34. The zero-order valence-corrected chi connectivity index (χ0v) is 19.6. The molecular formula is C20H15BrClN5OS2. The first-order valence-corrected chi connectivity index (χ1v) is 11.8. The van der Waals surface area contributed by atoms with E-state index in [0.717, 1.165) is 21.3 Å². The van der Waals surface area contributed by atoms with Crippen LogP contribution in [0.2, 0.25) is 5.02 Å². The molecule has 1 amide bonds. The molecule has 0 unspecified atom stereocenters. The number of hydrogen-bond acceptors (Lipinski definition) is 6. The summed E-state index contributed by atoms with van der Waals surface area (Å²) in [6, 6.07) is 15.3. The predicted octanol–water partition coefficient (Wildman–Crippen LogP) is 5.75. The Labute approximate surface area is 194 Å². The van der Waals surface area contributed by atoms with Crippen molar-refractivity contribution in [1.29, 1.82) is 0 Å². The number of aromatic nitrogens is 4. The third kappa shape index (κ3) is 4.92. The van der Waals surface area contributed by atoms with Crippen LogP contribution in [-0.2, 0) is 11.8 Å². The molecule has 4 aromatic rings. The molecular weight excluding hydrogens is 506 g/mol.